The summed E-state index contributed by atoms with van der Waals surface area (Å²) < 4.78 is 12.5. The molecule has 2 rings (SSSR count). The van der Waals surface area contributed by atoms with Crippen LogP contribution in [0.3, 0.4) is 0 Å². The molecular formula is C21H34O2. The van der Waals surface area contributed by atoms with Crippen LogP contribution in [-0.4, -0.2) is 12.4 Å². The molecule has 2 heteroatoms. The van der Waals surface area contributed by atoms with Gasteiger partial charge in [-0.2, -0.15) is 0 Å². The van der Waals surface area contributed by atoms with E-state index in [0.29, 0.717) is 17.9 Å². The second-order valence-corrected chi connectivity index (χ2v) is 7.45. The van der Waals surface area contributed by atoms with E-state index in [9.17, 15) is 0 Å². The molecule has 1 fully saturated rings. The standard InChI is InChI=1S/C21H34O2/c1-5-17(4)18-11-13-20(14-12-18)23-21(15-16(2)3)22-19-9-7-6-8-10-19/h11-14,16-17,19,21H,5-10,15H2,1-4H3. The lowest BCUT2D eigenvalue weighted by atomic mass is 9.97. The molecule has 2 unspecified atom stereocenters. The second kappa shape index (κ2) is 9.32. The van der Waals surface area contributed by atoms with Crippen LogP contribution in [0.5, 0.6) is 5.75 Å². The van der Waals surface area contributed by atoms with Crippen LogP contribution in [0.1, 0.15) is 84.1 Å². The molecule has 1 saturated carbocycles. The van der Waals surface area contributed by atoms with Crippen LogP contribution in [0.4, 0.5) is 0 Å². The lowest BCUT2D eigenvalue weighted by Crippen LogP contribution is -2.29. The molecule has 2 atom stereocenters. The third-order valence-electron chi connectivity index (χ3n) is 4.89. The highest BCUT2D eigenvalue weighted by Gasteiger charge is 2.21. The molecule has 0 saturated heterocycles. The summed E-state index contributed by atoms with van der Waals surface area (Å²) in [4.78, 5) is 0. The Morgan fingerprint density at radius 2 is 1.65 bits per heavy atom. The fourth-order valence-electron chi connectivity index (χ4n) is 3.19. The Balaban J connectivity index is 1.95. The summed E-state index contributed by atoms with van der Waals surface area (Å²) in [6.07, 6.45) is 8.69. The number of hydrogen-bond donors (Lipinski definition) is 0. The molecule has 23 heavy (non-hydrogen) atoms. The van der Waals surface area contributed by atoms with Gasteiger partial charge in [-0.3, -0.25) is 0 Å². The van der Waals surface area contributed by atoms with Gasteiger partial charge in [-0.05, 0) is 48.8 Å². The quantitative estimate of drug-likeness (QED) is 0.524. The van der Waals surface area contributed by atoms with Gasteiger partial charge in [-0.15, -0.1) is 0 Å². The minimum atomic E-state index is -0.118. The molecular weight excluding hydrogens is 284 g/mol. The molecule has 0 aliphatic heterocycles. The Morgan fingerprint density at radius 1 is 1.00 bits per heavy atom. The predicted molar refractivity (Wildman–Crippen MR) is 97.0 cm³/mol. The van der Waals surface area contributed by atoms with E-state index >= 15 is 0 Å². The van der Waals surface area contributed by atoms with Gasteiger partial charge in [0.05, 0.1) is 6.10 Å². The van der Waals surface area contributed by atoms with E-state index in [1.807, 2.05) is 0 Å². The van der Waals surface area contributed by atoms with E-state index < -0.39 is 0 Å². The van der Waals surface area contributed by atoms with Crippen LogP contribution in [0.25, 0.3) is 0 Å². The van der Waals surface area contributed by atoms with E-state index in [1.54, 1.807) is 0 Å². The summed E-state index contributed by atoms with van der Waals surface area (Å²) in [5.41, 5.74) is 1.38. The highest BCUT2D eigenvalue weighted by molar-refractivity contribution is 5.29. The Morgan fingerprint density at radius 3 is 2.22 bits per heavy atom. The maximum Gasteiger partial charge on any atom is 0.200 e. The second-order valence-electron chi connectivity index (χ2n) is 7.45. The lowest BCUT2D eigenvalue weighted by molar-refractivity contribution is -0.136. The minimum Gasteiger partial charge on any atom is -0.465 e. The molecule has 0 radical (unpaired) electrons. The van der Waals surface area contributed by atoms with Crippen molar-refractivity contribution in [2.45, 2.75) is 91.0 Å². The van der Waals surface area contributed by atoms with Crippen molar-refractivity contribution in [3.05, 3.63) is 29.8 Å². The zero-order chi connectivity index (χ0) is 16.7. The third-order valence-corrected chi connectivity index (χ3v) is 4.89. The maximum absolute atomic E-state index is 6.28. The topological polar surface area (TPSA) is 18.5 Å². The highest BCUT2D eigenvalue weighted by Crippen LogP contribution is 2.26. The van der Waals surface area contributed by atoms with Gasteiger partial charge >= 0.3 is 0 Å². The first-order valence-electron chi connectivity index (χ1n) is 9.50. The van der Waals surface area contributed by atoms with Crippen molar-refractivity contribution in [3.63, 3.8) is 0 Å². The SMILES string of the molecule is CCC(C)c1ccc(OC(CC(C)C)OC2CCCCC2)cc1. The van der Waals surface area contributed by atoms with Crippen molar-refractivity contribution in [1.82, 2.24) is 0 Å². The fourth-order valence-corrected chi connectivity index (χ4v) is 3.19. The van der Waals surface area contributed by atoms with Crippen LogP contribution in [0.2, 0.25) is 0 Å². The first-order valence-corrected chi connectivity index (χ1v) is 9.50. The summed E-state index contributed by atoms with van der Waals surface area (Å²) in [6.45, 7) is 8.95. The molecule has 1 aliphatic carbocycles. The monoisotopic (exact) mass is 318 g/mol. The van der Waals surface area contributed by atoms with Gasteiger partial charge in [0.15, 0.2) is 6.29 Å². The number of hydrogen-bond acceptors (Lipinski definition) is 2. The summed E-state index contributed by atoms with van der Waals surface area (Å²) in [7, 11) is 0. The Kier molecular flexibility index (Phi) is 7.42. The van der Waals surface area contributed by atoms with E-state index in [-0.39, 0.29) is 6.29 Å². The summed E-state index contributed by atoms with van der Waals surface area (Å²) in [6, 6.07) is 8.57. The van der Waals surface area contributed by atoms with Crippen molar-refractivity contribution in [3.8, 4) is 5.75 Å². The number of rotatable bonds is 8. The third kappa shape index (κ3) is 6.18. The molecule has 2 nitrogen and oxygen atoms in total. The maximum atomic E-state index is 6.28. The Bertz CT molecular complexity index is 432. The van der Waals surface area contributed by atoms with Crippen LogP contribution < -0.4 is 4.74 Å². The van der Waals surface area contributed by atoms with Gasteiger partial charge in [-0.25, -0.2) is 0 Å². The van der Waals surface area contributed by atoms with Crippen molar-refractivity contribution < 1.29 is 9.47 Å². The zero-order valence-corrected chi connectivity index (χ0v) is 15.4. The smallest absolute Gasteiger partial charge is 0.200 e. The van der Waals surface area contributed by atoms with Gasteiger partial charge in [0.25, 0.3) is 0 Å². The van der Waals surface area contributed by atoms with Crippen LogP contribution in [0.15, 0.2) is 24.3 Å². The molecule has 1 aromatic carbocycles. The first-order chi connectivity index (χ1) is 11.1. The molecule has 0 spiro atoms. The van der Waals surface area contributed by atoms with Gasteiger partial charge < -0.3 is 9.47 Å². The zero-order valence-electron chi connectivity index (χ0n) is 15.4. The molecule has 1 aromatic rings. The van der Waals surface area contributed by atoms with Gasteiger partial charge in [0, 0.05) is 6.42 Å². The predicted octanol–water partition coefficient (Wildman–Crippen LogP) is 6.30. The molecule has 0 heterocycles. The molecule has 0 amide bonds. The van der Waals surface area contributed by atoms with Crippen molar-refractivity contribution in [2.24, 2.45) is 5.92 Å². The van der Waals surface area contributed by atoms with Crippen molar-refractivity contribution >= 4 is 0 Å². The molecule has 0 bridgehead atoms. The Labute approximate surface area is 142 Å². The van der Waals surface area contributed by atoms with Crippen LogP contribution >= 0.6 is 0 Å². The summed E-state index contributed by atoms with van der Waals surface area (Å²) in [5.74, 6) is 2.11. The molecule has 0 N–H and O–H groups in total. The lowest BCUT2D eigenvalue weighted by Gasteiger charge is -2.29. The van der Waals surface area contributed by atoms with Gasteiger partial charge in [0.1, 0.15) is 5.75 Å². The summed E-state index contributed by atoms with van der Waals surface area (Å²) >= 11 is 0. The fraction of sp³-hybridized carbons (Fsp3) is 0.714. The van der Waals surface area contributed by atoms with Crippen molar-refractivity contribution in [1.29, 1.82) is 0 Å². The van der Waals surface area contributed by atoms with Gasteiger partial charge in [0.2, 0.25) is 0 Å². The normalized spacial score (nSPS) is 18.8. The molecule has 0 aromatic heterocycles. The minimum absolute atomic E-state index is 0.118. The van der Waals surface area contributed by atoms with E-state index in [1.165, 1.54) is 44.1 Å². The average Bonchev–Trinajstić information content (AvgIpc) is 2.55. The highest BCUT2D eigenvalue weighted by atomic mass is 16.7. The number of ether oxygens (including phenoxy) is 2. The van der Waals surface area contributed by atoms with E-state index in [4.69, 9.17) is 9.47 Å². The van der Waals surface area contributed by atoms with Crippen molar-refractivity contribution in [2.75, 3.05) is 0 Å². The van der Waals surface area contributed by atoms with Crippen LogP contribution in [0, 0.1) is 5.92 Å². The number of benzene rings is 1. The molecule has 130 valence electrons. The summed E-state index contributed by atoms with van der Waals surface area (Å²) in [5, 5.41) is 0. The largest absolute Gasteiger partial charge is 0.465 e. The van der Waals surface area contributed by atoms with E-state index in [2.05, 4.69) is 52.0 Å². The van der Waals surface area contributed by atoms with Gasteiger partial charge in [-0.1, -0.05) is 59.1 Å². The first kappa shape index (κ1) is 18.3. The average molecular weight is 319 g/mol. The van der Waals surface area contributed by atoms with Crippen LogP contribution in [-0.2, 0) is 4.74 Å². The Hall–Kier alpha value is -1.02. The molecule has 1 aliphatic rings. The van der Waals surface area contributed by atoms with E-state index in [0.717, 1.165) is 12.2 Å².